The third-order valence-corrected chi connectivity index (χ3v) is 3.74. The van der Waals surface area contributed by atoms with Crippen molar-refractivity contribution >= 4 is 5.97 Å². The van der Waals surface area contributed by atoms with Crippen molar-refractivity contribution in [2.45, 2.75) is 57.8 Å². The molecule has 0 saturated carbocycles. The van der Waals surface area contributed by atoms with Crippen LogP contribution in [-0.2, 0) is 4.79 Å². The summed E-state index contributed by atoms with van der Waals surface area (Å²) in [7, 11) is 0. The summed E-state index contributed by atoms with van der Waals surface area (Å²) in [5.74, 6) is -0.940. The summed E-state index contributed by atoms with van der Waals surface area (Å²) in [5, 5.41) is 9.19. The minimum Gasteiger partial charge on any atom is -0.478 e. The summed E-state index contributed by atoms with van der Waals surface area (Å²) in [6.45, 7) is 5.97. The van der Waals surface area contributed by atoms with Gasteiger partial charge in [0.1, 0.15) is 0 Å². The van der Waals surface area contributed by atoms with Gasteiger partial charge in [-0.25, -0.2) is 4.79 Å². The molecule has 0 amide bonds. The van der Waals surface area contributed by atoms with Crippen molar-refractivity contribution in [2.24, 2.45) is 0 Å². The number of hydrogen-bond acceptors (Lipinski definition) is 1. The first-order chi connectivity index (χ1) is 9.66. The molecule has 1 aromatic rings. The van der Waals surface area contributed by atoms with Gasteiger partial charge >= 0.3 is 5.97 Å². The molecule has 1 unspecified atom stereocenters. The molecule has 0 radical (unpaired) electrons. The van der Waals surface area contributed by atoms with E-state index in [1.807, 2.05) is 30.3 Å². The van der Waals surface area contributed by atoms with Crippen LogP contribution in [0, 0.1) is 0 Å². The molecule has 1 aromatic carbocycles. The maximum Gasteiger partial charge on any atom is 0.331 e. The zero-order valence-electron chi connectivity index (χ0n) is 12.5. The molecule has 2 heteroatoms. The Morgan fingerprint density at radius 3 is 2.30 bits per heavy atom. The lowest BCUT2D eigenvalue weighted by Crippen LogP contribution is -2.10. The Hall–Kier alpha value is -1.57. The van der Waals surface area contributed by atoms with E-state index < -0.39 is 5.97 Å². The number of carboxylic acids is 1. The molecule has 0 aliphatic heterocycles. The van der Waals surface area contributed by atoms with Crippen molar-refractivity contribution in [2.75, 3.05) is 0 Å². The summed E-state index contributed by atoms with van der Waals surface area (Å²) in [5.41, 5.74) is 1.37. The van der Waals surface area contributed by atoms with E-state index in [4.69, 9.17) is 0 Å². The van der Waals surface area contributed by atoms with Gasteiger partial charge in [0.05, 0.1) is 0 Å². The van der Waals surface area contributed by atoms with Gasteiger partial charge in [0, 0.05) is 11.5 Å². The first-order valence-electron chi connectivity index (χ1n) is 7.63. The summed E-state index contributed by atoms with van der Waals surface area (Å²) in [6.07, 6.45) is 8.20. The smallest absolute Gasteiger partial charge is 0.331 e. The molecule has 2 nitrogen and oxygen atoms in total. The van der Waals surface area contributed by atoms with Crippen LogP contribution in [0.4, 0.5) is 0 Å². The van der Waals surface area contributed by atoms with Crippen LogP contribution in [0.5, 0.6) is 0 Å². The largest absolute Gasteiger partial charge is 0.478 e. The Bertz CT molecular complexity index is 409. The molecule has 0 fully saturated rings. The van der Waals surface area contributed by atoms with Crippen LogP contribution < -0.4 is 0 Å². The van der Waals surface area contributed by atoms with Gasteiger partial charge in [0.2, 0.25) is 0 Å². The third kappa shape index (κ3) is 5.60. The summed E-state index contributed by atoms with van der Waals surface area (Å²) in [6, 6.07) is 9.86. The maximum absolute atomic E-state index is 11.2. The molecule has 0 saturated heterocycles. The van der Waals surface area contributed by atoms with Crippen molar-refractivity contribution in [1.82, 2.24) is 0 Å². The van der Waals surface area contributed by atoms with E-state index >= 15 is 0 Å². The highest BCUT2D eigenvalue weighted by Crippen LogP contribution is 2.29. The minimum absolute atomic E-state index is 0.0557. The van der Waals surface area contributed by atoms with Crippen molar-refractivity contribution in [3.05, 3.63) is 48.0 Å². The Morgan fingerprint density at radius 2 is 1.70 bits per heavy atom. The number of hydrogen-bond donors (Lipinski definition) is 1. The van der Waals surface area contributed by atoms with Crippen LogP contribution in [0.25, 0.3) is 0 Å². The number of carboxylic acid groups (broad SMARTS) is 1. The monoisotopic (exact) mass is 274 g/mol. The number of benzene rings is 1. The van der Waals surface area contributed by atoms with E-state index in [9.17, 15) is 9.90 Å². The molecule has 0 aliphatic carbocycles. The number of unbranched alkanes of at least 4 members (excludes halogenated alkanes) is 5. The van der Waals surface area contributed by atoms with Gasteiger partial charge in [-0.2, -0.15) is 0 Å². The lowest BCUT2D eigenvalue weighted by Gasteiger charge is -2.17. The van der Waals surface area contributed by atoms with E-state index in [1.54, 1.807) is 0 Å². The topological polar surface area (TPSA) is 37.3 Å². The normalized spacial score (nSPS) is 12.1. The van der Waals surface area contributed by atoms with Crippen LogP contribution in [0.3, 0.4) is 0 Å². The summed E-state index contributed by atoms with van der Waals surface area (Å²) >= 11 is 0. The predicted octanol–water partition coefficient (Wildman–Crippen LogP) is 5.16. The maximum atomic E-state index is 11.2. The fourth-order valence-corrected chi connectivity index (χ4v) is 2.51. The zero-order valence-corrected chi connectivity index (χ0v) is 12.5. The molecule has 1 rings (SSSR count). The molecule has 0 bridgehead atoms. The second-order valence-electron chi connectivity index (χ2n) is 5.35. The highest BCUT2D eigenvalue weighted by molar-refractivity contribution is 5.87. The van der Waals surface area contributed by atoms with Gasteiger partial charge in [-0.05, 0) is 12.0 Å². The average Bonchev–Trinajstić information content (AvgIpc) is 2.47. The van der Waals surface area contributed by atoms with E-state index in [0.717, 1.165) is 18.4 Å². The van der Waals surface area contributed by atoms with E-state index in [0.29, 0.717) is 5.57 Å². The van der Waals surface area contributed by atoms with E-state index in [2.05, 4.69) is 13.5 Å². The first kappa shape index (κ1) is 16.5. The molecule has 110 valence electrons. The first-order valence-corrected chi connectivity index (χ1v) is 7.63. The highest BCUT2D eigenvalue weighted by atomic mass is 16.4. The Labute approximate surface area is 122 Å². The van der Waals surface area contributed by atoms with Crippen molar-refractivity contribution in [3.63, 3.8) is 0 Å². The zero-order chi connectivity index (χ0) is 14.8. The predicted molar refractivity (Wildman–Crippen MR) is 84.0 cm³/mol. The van der Waals surface area contributed by atoms with Crippen LogP contribution in [0.1, 0.15) is 63.4 Å². The van der Waals surface area contributed by atoms with Crippen LogP contribution in [0.2, 0.25) is 0 Å². The molecular formula is C18H26O2. The molecule has 20 heavy (non-hydrogen) atoms. The third-order valence-electron chi connectivity index (χ3n) is 3.74. The SMILES string of the molecule is C=C(C(=O)O)C(CCCCCCCC)c1ccccc1. The highest BCUT2D eigenvalue weighted by Gasteiger charge is 2.19. The van der Waals surface area contributed by atoms with E-state index in [1.165, 1.54) is 32.1 Å². The fourth-order valence-electron chi connectivity index (χ4n) is 2.51. The average molecular weight is 274 g/mol. The molecule has 1 N–H and O–H groups in total. The molecular weight excluding hydrogens is 248 g/mol. The summed E-state index contributed by atoms with van der Waals surface area (Å²) in [4.78, 5) is 11.2. The standard InChI is InChI=1S/C18H26O2/c1-3-4-5-6-7-11-14-17(15(2)18(19)20)16-12-9-8-10-13-16/h8-10,12-13,17H,2-7,11,14H2,1H3,(H,19,20). The van der Waals surface area contributed by atoms with Gasteiger partial charge in [-0.3, -0.25) is 0 Å². The van der Waals surface area contributed by atoms with Gasteiger partial charge in [0.15, 0.2) is 0 Å². The Kier molecular flexibility index (Phi) is 7.71. The van der Waals surface area contributed by atoms with Gasteiger partial charge in [0.25, 0.3) is 0 Å². The molecule has 1 atom stereocenters. The van der Waals surface area contributed by atoms with Crippen LogP contribution >= 0.6 is 0 Å². The Morgan fingerprint density at radius 1 is 1.10 bits per heavy atom. The molecule has 0 aromatic heterocycles. The van der Waals surface area contributed by atoms with Gasteiger partial charge < -0.3 is 5.11 Å². The lowest BCUT2D eigenvalue weighted by molar-refractivity contribution is -0.132. The lowest BCUT2D eigenvalue weighted by atomic mass is 9.87. The van der Waals surface area contributed by atoms with Gasteiger partial charge in [-0.1, -0.05) is 82.4 Å². The second kappa shape index (κ2) is 9.35. The van der Waals surface area contributed by atoms with Crippen molar-refractivity contribution in [1.29, 1.82) is 0 Å². The number of aliphatic carboxylic acids is 1. The van der Waals surface area contributed by atoms with Crippen LogP contribution in [0.15, 0.2) is 42.5 Å². The number of carbonyl (C=O) groups is 1. The van der Waals surface area contributed by atoms with E-state index in [-0.39, 0.29) is 5.92 Å². The summed E-state index contributed by atoms with van der Waals surface area (Å²) < 4.78 is 0. The Balaban J connectivity index is 2.52. The van der Waals surface area contributed by atoms with Crippen LogP contribution in [-0.4, -0.2) is 11.1 Å². The minimum atomic E-state index is -0.884. The van der Waals surface area contributed by atoms with Gasteiger partial charge in [-0.15, -0.1) is 0 Å². The quantitative estimate of drug-likeness (QED) is 0.472. The number of rotatable bonds is 10. The fraction of sp³-hybridized carbons (Fsp3) is 0.500. The van der Waals surface area contributed by atoms with Crippen molar-refractivity contribution < 1.29 is 9.90 Å². The van der Waals surface area contributed by atoms with Crippen molar-refractivity contribution in [3.8, 4) is 0 Å². The molecule has 0 spiro atoms. The second-order valence-corrected chi connectivity index (χ2v) is 5.35. The molecule has 0 heterocycles. The molecule has 0 aliphatic rings.